The summed E-state index contributed by atoms with van der Waals surface area (Å²) in [7, 11) is 0. The van der Waals surface area contributed by atoms with Crippen molar-refractivity contribution in [2.75, 3.05) is 36.4 Å². The van der Waals surface area contributed by atoms with Gasteiger partial charge in [0.15, 0.2) is 0 Å². The summed E-state index contributed by atoms with van der Waals surface area (Å²) in [5.41, 5.74) is 2.44. The molecular weight excluding hydrogens is 410 g/mol. The van der Waals surface area contributed by atoms with Gasteiger partial charge in [0, 0.05) is 54.6 Å². The topological polar surface area (TPSA) is 52.7 Å². The summed E-state index contributed by atoms with van der Waals surface area (Å²) in [6, 6.07) is 14.7. The average Bonchev–Trinajstić information content (AvgIpc) is 3.32. The van der Waals surface area contributed by atoms with Gasteiger partial charge in [-0.05, 0) is 60.9 Å². The molecule has 1 N–H and O–H groups in total. The first-order chi connectivity index (χ1) is 15.1. The maximum atomic E-state index is 12.5. The molecule has 0 bridgehead atoms. The predicted octanol–water partition coefficient (Wildman–Crippen LogP) is 5.21. The first kappa shape index (κ1) is 21.7. The number of nitrogens with one attached hydrogen (secondary N) is 1. The molecule has 2 amide bonds. The van der Waals surface area contributed by atoms with E-state index in [2.05, 4.69) is 10.2 Å². The quantitative estimate of drug-likeness (QED) is 0.672. The van der Waals surface area contributed by atoms with Crippen molar-refractivity contribution in [2.24, 2.45) is 5.92 Å². The number of anilines is 2. The molecule has 2 aromatic rings. The first-order valence-corrected chi connectivity index (χ1v) is 11.7. The molecule has 2 aliphatic rings. The van der Waals surface area contributed by atoms with Crippen LogP contribution >= 0.6 is 11.6 Å². The molecule has 31 heavy (non-hydrogen) atoms. The summed E-state index contributed by atoms with van der Waals surface area (Å²) in [4.78, 5) is 29.2. The van der Waals surface area contributed by atoms with Crippen LogP contribution in [0.2, 0.25) is 5.02 Å². The fourth-order valence-electron chi connectivity index (χ4n) is 4.56. The van der Waals surface area contributed by atoms with Crippen molar-refractivity contribution < 1.29 is 9.59 Å². The zero-order valence-electron chi connectivity index (χ0n) is 17.9. The molecular formula is C25H30ClN3O2. The van der Waals surface area contributed by atoms with Gasteiger partial charge in [0.2, 0.25) is 5.91 Å². The van der Waals surface area contributed by atoms with Gasteiger partial charge in [-0.2, -0.15) is 0 Å². The molecule has 6 heteroatoms. The van der Waals surface area contributed by atoms with E-state index < -0.39 is 0 Å². The van der Waals surface area contributed by atoms with Crippen molar-refractivity contribution in [2.45, 2.75) is 38.5 Å². The Balaban J connectivity index is 1.24. The van der Waals surface area contributed by atoms with Crippen LogP contribution in [0.15, 0.2) is 48.5 Å². The molecule has 1 aliphatic heterocycles. The van der Waals surface area contributed by atoms with Crippen molar-refractivity contribution in [3.8, 4) is 0 Å². The molecule has 1 saturated carbocycles. The molecule has 0 aromatic heterocycles. The Morgan fingerprint density at radius 1 is 0.903 bits per heavy atom. The Bertz CT molecular complexity index is 884. The zero-order chi connectivity index (χ0) is 21.6. The fraction of sp³-hybridized carbons (Fsp3) is 0.440. The number of benzene rings is 2. The lowest BCUT2D eigenvalue weighted by molar-refractivity contribution is -0.131. The number of amides is 2. The van der Waals surface area contributed by atoms with Crippen molar-refractivity contribution in [3.05, 3.63) is 59.1 Å². The molecule has 4 rings (SSSR count). The Morgan fingerprint density at radius 2 is 1.55 bits per heavy atom. The number of carbonyl (C=O) groups is 2. The number of carbonyl (C=O) groups excluding carboxylic acids is 2. The van der Waals surface area contributed by atoms with Gasteiger partial charge >= 0.3 is 0 Å². The van der Waals surface area contributed by atoms with Gasteiger partial charge < -0.3 is 15.1 Å². The van der Waals surface area contributed by atoms with Gasteiger partial charge in [-0.25, -0.2) is 0 Å². The highest BCUT2D eigenvalue weighted by Crippen LogP contribution is 2.29. The highest BCUT2D eigenvalue weighted by atomic mass is 35.5. The molecule has 1 aliphatic carbocycles. The molecule has 0 spiro atoms. The minimum absolute atomic E-state index is 0.158. The number of hydrogen-bond donors (Lipinski definition) is 1. The Morgan fingerprint density at radius 3 is 2.19 bits per heavy atom. The third-order valence-electron chi connectivity index (χ3n) is 6.47. The number of piperazine rings is 1. The highest BCUT2D eigenvalue weighted by Gasteiger charge is 2.23. The fourth-order valence-corrected chi connectivity index (χ4v) is 4.68. The highest BCUT2D eigenvalue weighted by molar-refractivity contribution is 6.30. The molecule has 1 heterocycles. The SMILES string of the molecule is O=C(Nc1ccc(N2CCN(C(=O)CCC3CCCC3)CC2)cc1)c1ccc(Cl)cc1. The number of halogens is 1. The standard InChI is InChI=1S/C25H30ClN3O2/c26-21-8-6-20(7-9-21)25(31)27-22-10-12-23(13-11-22)28-15-17-29(18-16-28)24(30)14-5-19-3-1-2-4-19/h6-13,19H,1-5,14-18H2,(H,27,31). The van der Waals surface area contributed by atoms with E-state index in [0.29, 0.717) is 22.9 Å². The normalized spacial score (nSPS) is 17.1. The van der Waals surface area contributed by atoms with Crippen LogP contribution in [-0.4, -0.2) is 42.9 Å². The van der Waals surface area contributed by atoms with Crippen LogP contribution in [0.3, 0.4) is 0 Å². The molecule has 164 valence electrons. The lowest BCUT2D eigenvalue weighted by atomic mass is 10.0. The largest absolute Gasteiger partial charge is 0.368 e. The second-order valence-electron chi connectivity index (χ2n) is 8.56. The number of hydrogen-bond acceptors (Lipinski definition) is 3. The van der Waals surface area contributed by atoms with Gasteiger partial charge in [0.25, 0.3) is 5.91 Å². The molecule has 0 radical (unpaired) electrons. The Labute approximate surface area is 189 Å². The van der Waals surface area contributed by atoms with Crippen molar-refractivity contribution in [1.82, 2.24) is 4.90 Å². The van der Waals surface area contributed by atoms with Crippen LogP contribution < -0.4 is 10.2 Å². The van der Waals surface area contributed by atoms with E-state index in [4.69, 9.17) is 11.6 Å². The lowest BCUT2D eigenvalue weighted by Gasteiger charge is -2.36. The van der Waals surface area contributed by atoms with E-state index in [1.165, 1.54) is 25.7 Å². The summed E-state index contributed by atoms with van der Waals surface area (Å²) in [6.45, 7) is 3.23. The summed E-state index contributed by atoms with van der Waals surface area (Å²) >= 11 is 5.88. The van der Waals surface area contributed by atoms with Crippen LogP contribution in [0.1, 0.15) is 48.9 Å². The summed E-state index contributed by atoms with van der Waals surface area (Å²) in [5.74, 6) is 0.921. The number of nitrogens with zero attached hydrogens (tertiary/aromatic N) is 2. The average molecular weight is 440 g/mol. The van der Waals surface area contributed by atoms with Crippen molar-refractivity contribution in [1.29, 1.82) is 0 Å². The third kappa shape index (κ3) is 5.79. The second kappa shape index (κ2) is 10.2. The van der Waals surface area contributed by atoms with Crippen molar-refractivity contribution >= 4 is 34.8 Å². The molecule has 2 aromatic carbocycles. The van der Waals surface area contributed by atoms with Gasteiger partial charge in [0.1, 0.15) is 0 Å². The van der Waals surface area contributed by atoms with Crippen molar-refractivity contribution in [3.63, 3.8) is 0 Å². The van der Waals surface area contributed by atoms with Crippen LogP contribution in [-0.2, 0) is 4.79 Å². The monoisotopic (exact) mass is 439 g/mol. The molecule has 1 saturated heterocycles. The van der Waals surface area contributed by atoms with E-state index >= 15 is 0 Å². The second-order valence-corrected chi connectivity index (χ2v) is 9.00. The Hall–Kier alpha value is -2.53. The minimum Gasteiger partial charge on any atom is -0.368 e. The smallest absolute Gasteiger partial charge is 0.255 e. The van der Waals surface area contributed by atoms with E-state index in [0.717, 1.165) is 49.9 Å². The van der Waals surface area contributed by atoms with Gasteiger partial charge in [0.05, 0.1) is 0 Å². The summed E-state index contributed by atoms with van der Waals surface area (Å²) in [5, 5.41) is 3.52. The lowest BCUT2D eigenvalue weighted by Crippen LogP contribution is -2.48. The van der Waals surface area contributed by atoms with Gasteiger partial charge in [-0.15, -0.1) is 0 Å². The summed E-state index contributed by atoms with van der Waals surface area (Å²) < 4.78 is 0. The zero-order valence-corrected chi connectivity index (χ0v) is 18.6. The first-order valence-electron chi connectivity index (χ1n) is 11.3. The maximum Gasteiger partial charge on any atom is 0.255 e. The van der Waals surface area contributed by atoms with Gasteiger partial charge in [-0.1, -0.05) is 37.3 Å². The van der Waals surface area contributed by atoms with E-state index in [1.54, 1.807) is 24.3 Å². The molecule has 0 unspecified atom stereocenters. The molecule has 0 atom stereocenters. The minimum atomic E-state index is -0.158. The number of rotatable bonds is 6. The maximum absolute atomic E-state index is 12.5. The molecule has 2 fully saturated rings. The van der Waals surface area contributed by atoms with Crippen LogP contribution in [0, 0.1) is 5.92 Å². The van der Waals surface area contributed by atoms with E-state index in [1.807, 2.05) is 29.2 Å². The van der Waals surface area contributed by atoms with E-state index in [9.17, 15) is 9.59 Å². The Kier molecular flexibility index (Phi) is 7.13. The van der Waals surface area contributed by atoms with Crippen LogP contribution in [0.25, 0.3) is 0 Å². The molecule has 5 nitrogen and oxygen atoms in total. The predicted molar refractivity (Wildman–Crippen MR) is 126 cm³/mol. The van der Waals surface area contributed by atoms with E-state index in [-0.39, 0.29) is 5.91 Å². The van der Waals surface area contributed by atoms with Gasteiger partial charge in [-0.3, -0.25) is 9.59 Å². The summed E-state index contributed by atoms with van der Waals surface area (Å²) in [6.07, 6.45) is 7.03. The third-order valence-corrected chi connectivity index (χ3v) is 6.72. The van der Waals surface area contributed by atoms with Crippen LogP contribution in [0.4, 0.5) is 11.4 Å². The van der Waals surface area contributed by atoms with Crippen LogP contribution in [0.5, 0.6) is 0 Å².